The number of hydrogen-bond acceptors (Lipinski definition) is 4. The molecular formula is C26H30N2O2. The summed E-state index contributed by atoms with van der Waals surface area (Å²) in [6.07, 6.45) is 4.36. The topological polar surface area (TPSA) is 51.2 Å². The van der Waals surface area contributed by atoms with Crippen LogP contribution in [0.1, 0.15) is 44.0 Å². The highest BCUT2D eigenvalue weighted by atomic mass is 16.5. The molecule has 0 spiro atoms. The second-order valence-corrected chi connectivity index (χ2v) is 7.82. The molecule has 1 atom stereocenters. The van der Waals surface area contributed by atoms with E-state index in [1.54, 1.807) is 18.2 Å². The molecule has 1 aliphatic rings. The predicted molar refractivity (Wildman–Crippen MR) is 125 cm³/mol. The summed E-state index contributed by atoms with van der Waals surface area (Å²) in [5.41, 5.74) is 4.89. The van der Waals surface area contributed by atoms with Crippen LogP contribution in [0.25, 0.3) is 11.3 Å². The number of rotatable bonds is 8. The average Bonchev–Trinajstić information content (AvgIpc) is 2.77. The number of carbonyl (C=O) groups is 1. The van der Waals surface area contributed by atoms with E-state index in [9.17, 15) is 4.79 Å². The maximum absolute atomic E-state index is 10.9. The first-order valence-corrected chi connectivity index (χ1v) is 10.0. The lowest BCUT2D eigenvalue weighted by atomic mass is 9.68. The van der Waals surface area contributed by atoms with E-state index in [0.29, 0.717) is 17.2 Å². The monoisotopic (exact) mass is 402 g/mol. The third-order valence-electron chi connectivity index (χ3n) is 5.64. The van der Waals surface area contributed by atoms with Crippen LogP contribution in [0.15, 0.2) is 85.3 Å². The van der Waals surface area contributed by atoms with Crippen LogP contribution in [0.5, 0.6) is 5.88 Å². The molecule has 0 amide bonds. The van der Waals surface area contributed by atoms with Crippen molar-refractivity contribution in [1.29, 1.82) is 0 Å². The smallest absolute Gasteiger partial charge is 0.223 e. The first kappa shape index (κ1) is 21.3. The summed E-state index contributed by atoms with van der Waals surface area (Å²) in [5.74, 6) is 1.16. The van der Waals surface area contributed by atoms with E-state index in [1.165, 1.54) is 0 Å². The summed E-state index contributed by atoms with van der Waals surface area (Å²) in [6, 6.07) is 11.4. The fourth-order valence-corrected chi connectivity index (χ4v) is 3.89. The van der Waals surface area contributed by atoms with E-state index >= 15 is 0 Å². The van der Waals surface area contributed by atoms with Crippen molar-refractivity contribution in [2.24, 2.45) is 5.41 Å². The lowest BCUT2D eigenvalue weighted by molar-refractivity contribution is 0.112. The second-order valence-electron chi connectivity index (χ2n) is 7.82. The van der Waals surface area contributed by atoms with E-state index in [0.717, 1.165) is 40.9 Å². The molecule has 1 aromatic carbocycles. The molecule has 0 aliphatic carbocycles. The van der Waals surface area contributed by atoms with Crippen LogP contribution in [0.3, 0.4) is 0 Å². The molecule has 1 aliphatic heterocycles. The minimum atomic E-state index is -0.318. The highest BCUT2D eigenvalue weighted by Gasteiger charge is 2.41. The van der Waals surface area contributed by atoms with Gasteiger partial charge < -0.3 is 10.1 Å². The zero-order valence-electron chi connectivity index (χ0n) is 17.9. The third kappa shape index (κ3) is 3.73. The largest absolute Gasteiger partial charge is 0.438 e. The number of nitrogens with zero attached hydrogens (tertiary/aromatic N) is 1. The van der Waals surface area contributed by atoms with Crippen molar-refractivity contribution in [2.45, 2.75) is 26.7 Å². The van der Waals surface area contributed by atoms with E-state index in [2.05, 4.69) is 51.9 Å². The Morgan fingerprint density at radius 3 is 2.47 bits per heavy atom. The quantitative estimate of drug-likeness (QED) is 0.545. The van der Waals surface area contributed by atoms with Crippen LogP contribution in [0.2, 0.25) is 0 Å². The number of benzene rings is 1. The van der Waals surface area contributed by atoms with Gasteiger partial charge in [-0.2, -0.15) is 0 Å². The minimum absolute atomic E-state index is 0. The van der Waals surface area contributed by atoms with Crippen LogP contribution in [0.4, 0.5) is 0 Å². The molecule has 4 nitrogen and oxygen atoms in total. The Balaban J connectivity index is 0.00000341. The normalized spacial score (nSPS) is 15.6. The lowest BCUT2D eigenvalue weighted by Crippen LogP contribution is -2.34. The molecular weight excluding hydrogens is 372 g/mol. The van der Waals surface area contributed by atoms with Crippen molar-refractivity contribution < 1.29 is 11.0 Å². The maximum atomic E-state index is 10.9. The Bertz CT molecular complexity index is 1040. The van der Waals surface area contributed by atoms with E-state index in [1.807, 2.05) is 24.3 Å². The van der Waals surface area contributed by atoms with Gasteiger partial charge >= 0.3 is 0 Å². The molecule has 156 valence electrons. The van der Waals surface area contributed by atoms with E-state index in [-0.39, 0.29) is 12.8 Å². The molecule has 0 saturated carbocycles. The minimum Gasteiger partial charge on any atom is -0.438 e. The van der Waals surface area contributed by atoms with Gasteiger partial charge in [0.15, 0.2) is 0 Å². The number of carbonyl (C=O) groups excluding carboxylic acids is 1. The van der Waals surface area contributed by atoms with Crippen molar-refractivity contribution >= 4 is 6.29 Å². The number of nitrogens with one attached hydrogen (secondary N) is 1. The van der Waals surface area contributed by atoms with Crippen LogP contribution in [0, 0.1) is 5.41 Å². The van der Waals surface area contributed by atoms with Crippen molar-refractivity contribution in [2.75, 3.05) is 6.54 Å². The van der Waals surface area contributed by atoms with Crippen LogP contribution < -0.4 is 10.1 Å². The Hall–Kier alpha value is -3.40. The number of fused-ring (bicyclic) bond motifs is 1. The third-order valence-corrected chi connectivity index (χ3v) is 5.64. The first-order valence-electron chi connectivity index (χ1n) is 10.0. The summed E-state index contributed by atoms with van der Waals surface area (Å²) >= 11 is 0. The number of aromatic nitrogens is 1. The summed E-state index contributed by atoms with van der Waals surface area (Å²) in [4.78, 5) is 15.7. The maximum Gasteiger partial charge on any atom is 0.223 e. The molecule has 0 fully saturated rings. The molecule has 0 radical (unpaired) electrons. The highest BCUT2D eigenvalue weighted by Crippen LogP contribution is 2.51. The first-order chi connectivity index (χ1) is 14.4. The molecule has 0 saturated heterocycles. The van der Waals surface area contributed by atoms with Gasteiger partial charge in [-0.15, -0.1) is 0 Å². The van der Waals surface area contributed by atoms with Crippen LogP contribution in [-0.2, 0) is 0 Å². The Morgan fingerprint density at radius 1 is 1.20 bits per heavy atom. The summed E-state index contributed by atoms with van der Waals surface area (Å²) in [5, 5.41) is 3.37. The van der Waals surface area contributed by atoms with E-state index in [4.69, 9.17) is 9.72 Å². The van der Waals surface area contributed by atoms with Gasteiger partial charge in [-0.05, 0) is 19.1 Å². The molecule has 30 heavy (non-hydrogen) atoms. The zero-order chi connectivity index (χ0) is 21.9. The fourth-order valence-electron chi connectivity index (χ4n) is 3.89. The van der Waals surface area contributed by atoms with Gasteiger partial charge in [0.25, 0.3) is 0 Å². The van der Waals surface area contributed by atoms with Gasteiger partial charge in [-0.25, -0.2) is 4.98 Å². The van der Waals surface area contributed by atoms with Gasteiger partial charge in [0, 0.05) is 47.3 Å². The van der Waals surface area contributed by atoms with Crippen LogP contribution >= 0.6 is 0 Å². The fraction of sp³-hybridized carbons (Fsp3) is 0.231. The SMILES string of the molecule is C=CC1=C(C=C)[C@H](C(C)(C)C(=C)NCC)c2ccc(-c3ccc(C=O)cc3)nc2O1.[HH]. The van der Waals surface area contributed by atoms with Gasteiger partial charge in [0.05, 0.1) is 5.69 Å². The standard InChI is InChI=1S/C26H28N2O2.H2/c1-7-20-23(8-2)30-25-21(24(20)26(5,6)17(4)27-9-3)14-15-22(28-25)19-12-10-18(16-29)11-13-19;/h7-8,10-16,24,27H,1-2,4,9H2,3,5-6H3;1H/t24-;/m0./s1. The van der Waals surface area contributed by atoms with Crippen molar-refractivity contribution in [1.82, 2.24) is 10.3 Å². The van der Waals surface area contributed by atoms with Gasteiger partial charge in [0.2, 0.25) is 5.88 Å². The molecule has 2 heterocycles. The van der Waals surface area contributed by atoms with Crippen molar-refractivity contribution in [3.8, 4) is 17.1 Å². The highest BCUT2D eigenvalue weighted by molar-refractivity contribution is 5.76. The molecule has 0 unspecified atom stereocenters. The molecule has 1 N–H and O–H groups in total. The zero-order valence-corrected chi connectivity index (χ0v) is 17.9. The molecule has 3 rings (SSSR count). The van der Waals surface area contributed by atoms with Gasteiger partial charge in [0.1, 0.15) is 12.0 Å². The van der Waals surface area contributed by atoms with Crippen LogP contribution in [-0.4, -0.2) is 17.8 Å². The number of pyridine rings is 1. The number of ether oxygens (including phenoxy) is 1. The molecule has 1 aromatic heterocycles. The molecule has 4 heteroatoms. The number of hydrogen-bond donors (Lipinski definition) is 1. The van der Waals surface area contributed by atoms with Gasteiger partial charge in [-0.3, -0.25) is 4.79 Å². The van der Waals surface area contributed by atoms with Gasteiger partial charge in [-0.1, -0.05) is 70.0 Å². The Morgan fingerprint density at radius 2 is 1.90 bits per heavy atom. The Kier molecular flexibility index (Phi) is 6.06. The molecule has 2 aromatic rings. The summed E-state index contributed by atoms with van der Waals surface area (Å²) in [6.45, 7) is 19.4. The number of aldehydes is 1. The average molecular weight is 403 g/mol. The van der Waals surface area contributed by atoms with Crippen molar-refractivity contribution in [3.63, 3.8) is 0 Å². The summed E-state index contributed by atoms with van der Waals surface area (Å²) in [7, 11) is 0. The lowest BCUT2D eigenvalue weighted by Gasteiger charge is -2.40. The number of allylic oxidation sites excluding steroid dienone is 4. The molecule has 0 bridgehead atoms. The second kappa shape index (κ2) is 8.54. The van der Waals surface area contributed by atoms with Crippen molar-refractivity contribution in [3.05, 3.63) is 96.4 Å². The van der Waals surface area contributed by atoms with E-state index < -0.39 is 0 Å². The predicted octanol–water partition coefficient (Wildman–Crippen LogP) is 6.06. The Labute approximate surface area is 180 Å². The summed E-state index contributed by atoms with van der Waals surface area (Å²) < 4.78 is 6.13.